The molecule has 0 rings (SSSR count). The lowest BCUT2D eigenvalue weighted by molar-refractivity contribution is 0.0445. The molecule has 0 aromatic heterocycles. The highest BCUT2D eigenvalue weighted by Crippen LogP contribution is 2.10. The fourth-order valence-electron chi connectivity index (χ4n) is 2.71. The lowest BCUT2D eigenvalue weighted by atomic mass is 10.1. The molecule has 1 N–H and O–H groups in total. The van der Waals surface area contributed by atoms with Crippen molar-refractivity contribution in [2.75, 3.05) is 13.2 Å². The normalized spacial score (nSPS) is 13.0. The van der Waals surface area contributed by atoms with Crippen LogP contribution in [-0.4, -0.2) is 24.4 Å². The number of ether oxygens (including phenoxy) is 1. The Labute approximate surface area is 145 Å². The first kappa shape index (κ1) is 22.7. The quantitative estimate of drug-likeness (QED) is 0.232. The van der Waals surface area contributed by atoms with E-state index in [-0.39, 0.29) is 6.10 Å². The highest BCUT2D eigenvalue weighted by Gasteiger charge is 1.95. The highest BCUT2D eigenvalue weighted by atomic mass is 16.5. The number of allylic oxidation sites excluding steroid dienone is 2. The lowest BCUT2D eigenvalue weighted by Gasteiger charge is -2.05. The van der Waals surface area contributed by atoms with Gasteiger partial charge in [0, 0.05) is 6.61 Å². The third-order valence-electron chi connectivity index (χ3n) is 4.16. The van der Waals surface area contributed by atoms with E-state index in [1.165, 1.54) is 83.5 Å². The fourth-order valence-corrected chi connectivity index (χ4v) is 2.71. The number of rotatable bonds is 18. The van der Waals surface area contributed by atoms with Crippen LogP contribution in [0.25, 0.3) is 0 Å². The zero-order chi connectivity index (χ0) is 17.0. The Morgan fingerprint density at radius 2 is 1.22 bits per heavy atom. The van der Waals surface area contributed by atoms with Crippen LogP contribution in [0.2, 0.25) is 0 Å². The van der Waals surface area contributed by atoms with E-state index in [4.69, 9.17) is 9.84 Å². The second kappa shape index (κ2) is 19.7. The summed E-state index contributed by atoms with van der Waals surface area (Å²) in [6.45, 7) is 5.32. The molecule has 0 aromatic carbocycles. The molecule has 0 aromatic rings. The molecule has 0 saturated heterocycles. The van der Waals surface area contributed by atoms with Crippen molar-refractivity contribution in [2.24, 2.45) is 0 Å². The first-order chi connectivity index (χ1) is 11.3. The maximum absolute atomic E-state index is 9.06. The van der Waals surface area contributed by atoms with E-state index in [0.29, 0.717) is 6.61 Å². The molecule has 2 heteroatoms. The topological polar surface area (TPSA) is 29.5 Å². The third-order valence-corrected chi connectivity index (χ3v) is 4.16. The molecule has 1 atom stereocenters. The Balaban J connectivity index is 3.05. The van der Waals surface area contributed by atoms with Crippen LogP contribution in [0.4, 0.5) is 0 Å². The van der Waals surface area contributed by atoms with Crippen molar-refractivity contribution >= 4 is 0 Å². The van der Waals surface area contributed by atoms with Crippen molar-refractivity contribution in [3.63, 3.8) is 0 Å². The summed E-state index contributed by atoms with van der Waals surface area (Å²) in [5, 5.41) is 9.06. The summed E-state index contributed by atoms with van der Waals surface area (Å²) in [5.41, 5.74) is 0. The summed E-state index contributed by atoms with van der Waals surface area (Å²) in [4.78, 5) is 0. The smallest absolute Gasteiger partial charge is 0.0745 e. The van der Waals surface area contributed by atoms with Crippen LogP contribution in [0.15, 0.2) is 12.2 Å². The van der Waals surface area contributed by atoms with Gasteiger partial charge in [0.2, 0.25) is 0 Å². The molecule has 0 aliphatic heterocycles. The van der Waals surface area contributed by atoms with E-state index in [9.17, 15) is 0 Å². The monoisotopic (exact) mass is 326 g/mol. The zero-order valence-corrected chi connectivity index (χ0v) is 15.9. The summed E-state index contributed by atoms with van der Waals surface area (Å²) in [5.74, 6) is 0. The van der Waals surface area contributed by atoms with Crippen molar-refractivity contribution in [1.82, 2.24) is 0 Å². The van der Waals surface area contributed by atoms with Gasteiger partial charge in [-0.3, -0.25) is 0 Å². The standard InChI is InChI=1S/C21H42O2/c1-3-4-5-6-7-8-9-10-11-12-13-14-15-16-17-18-19-23-20-21(2)22/h10-11,21-22H,3-9,12-20H2,1-2H3/b11-10-. The SMILES string of the molecule is CCCCCCCC/C=C\CCCCCCCCOCC(C)O. The van der Waals surface area contributed by atoms with Gasteiger partial charge >= 0.3 is 0 Å². The Morgan fingerprint density at radius 1 is 0.739 bits per heavy atom. The van der Waals surface area contributed by atoms with Crippen LogP contribution in [0, 0.1) is 0 Å². The number of hydrogen-bond donors (Lipinski definition) is 1. The number of aliphatic hydroxyl groups excluding tert-OH is 1. The van der Waals surface area contributed by atoms with Crippen molar-refractivity contribution in [3.05, 3.63) is 12.2 Å². The zero-order valence-electron chi connectivity index (χ0n) is 15.9. The maximum Gasteiger partial charge on any atom is 0.0745 e. The van der Waals surface area contributed by atoms with Crippen LogP contribution in [-0.2, 0) is 4.74 Å². The van der Waals surface area contributed by atoms with Crippen LogP contribution in [0.5, 0.6) is 0 Å². The molecule has 0 radical (unpaired) electrons. The molecule has 0 saturated carbocycles. The highest BCUT2D eigenvalue weighted by molar-refractivity contribution is 4.81. The summed E-state index contributed by atoms with van der Waals surface area (Å²) in [6, 6.07) is 0. The largest absolute Gasteiger partial charge is 0.391 e. The summed E-state index contributed by atoms with van der Waals surface area (Å²) >= 11 is 0. The molecule has 0 fully saturated rings. The first-order valence-corrected chi connectivity index (χ1v) is 10.2. The van der Waals surface area contributed by atoms with Crippen molar-refractivity contribution in [2.45, 2.75) is 110 Å². The third kappa shape index (κ3) is 21.7. The first-order valence-electron chi connectivity index (χ1n) is 10.2. The van der Waals surface area contributed by atoms with Crippen LogP contribution < -0.4 is 0 Å². The molecule has 138 valence electrons. The minimum atomic E-state index is -0.330. The molecule has 23 heavy (non-hydrogen) atoms. The minimum Gasteiger partial charge on any atom is -0.391 e. The van der Waals surface area contributed by atoms with Gasteiger partial charge < -0.3 is 9.84 Å². The number of unbranched alkanes of at least 4 members (excludes halogenated alkanes) is 12. The molecule has 0 amide bonds. The van der Waals surface area contributed by atoms with Gasteiger partial charge in [-0.2, -0.15) is 0 Å². The number of hydrogen-bond acceptors (Lipinski definition) is 2. The second-order valence-corrected chi connectivity index (χ2v) is 6.86. The van der Waals surface area contributed by atoms with Crippen molar-refractivity contribution in [3.8, 4) is 0 Å². The molecular formula is C21H42O2. The molecule has 0 bridgehead atoms. The molecule has 1 unspecified atom stereocenters. The van der Waals surface area contributed by atoms with E-state index in [2.05, 4.69) is 19.1 Å². The Morgan fingerprint density at radius 3 is 1.74 bits per heavy atom. The predicted octanol–water partition coefficient (Wildman–Crippen LogP) is 6.42. The second-order valence-electron chi connectivity index (χ2n) is 6.86. The molecular weight excluding hydrogens is 284 g/mol. The van der Waals surface area contributed by atoms with Gasteiger partial charge in [-0.05, 0) is 39.0 Å². The predicted molar refractivity (Wildman–Crippen MR) is 102 cm³/mol. The van der Waals surface area contributed by atoms with E-state index in [1.54, 1.807) is 6.92 Å². The Bertz CT molecular complexity index is 236. The Hall–Kier alpha value is -0.340. The molecule has 2 nitrogen and oxygen atoms in total. The summed E-state index contributed by atoms with van der Waals surface area (Å²) in [6.07, 6.45) is 23.1. The van der Waals surface area contributed by atoms with Gasteiger partial charge in [0.05, 0.1) is 12.7 Å². The van der Waals surface area contributed by atoms with Crippen LogP contribution >= 0.6 is 0 Å². The summed E-state index contributed by atoms with van der Waals surface area (Å²) < 4.78 is 5.36. The fraction of sp³-hybridized carbons (Fsp3) is 0.905. The average Bonchev–Trinajstić information content (AvgIpc) is 2.53. The maximum atomic E-state index is 9.06. The lowest BCUT2D eigenvalue weighted by Crippen LogP contribution is -2.10. The van der Waals surface area contributed by atoms with Crippen molar-refractivity contribution < 1.29 is 9.84 Å². The van der Waals surface area contributed by atoms with Gasteiger partial charge in [0.25, 0.3) is 0 Å². The van der Waals surface area contributed by atoms with Gasteiger partial charge in [-0.15, -0.1) is 0 Å². The van der Waals surface area contributed by atoms with Gasteiger partial charge in [0.1, 0.15) is 0 Å². The Kier molecular flexibility index (Phi) is 19.4. The van der Waals surface area contributed by atoms with Crippen LogP contribution in [0.3, 0.4) is 0 Å². The van der Waals surface area contributed by atoms with Gasteiger partial charge in [0.15, 0.2) is 0 Å². The van der Waals surface area contributed by atoms with Gasteiger partial charge in [-0.25, -0.2) is 0 Å². The van der Waals surface area contributed by atoms with E-state index in [0.717, 1.165) is 13.0 Å². The minimum absolute atomic E-state index is 0.330. The van der Waals surface area contributed by atoms with E-state index < -0.39 is 0 Å². The molecule has 0 heterocycles. The van der Waals surface area contributed by atoms with Gasteiger partial charge in [-0.1, -0.05) is 76.9 Å². The van der Waals surface area contributed by atoms with E-state index >= 15 is 0 Å². The van der Waals surface area contributed by atoms with E-state index in [1.807, 2.05) is 0 Å². The average molecular weight is 327 g/mol. The van der Waals surface area contributed by atoms with Crippen molar-refractivity contribution in [1.29, 1.82) is 0 Å². The number of aliphatic hydroxyl groups is 1. The molecule has 0 aliphatic rings. The summed E-state index contributed by atoms with van der Waals surface area (Å²) in [7, 11) is 0. The van der Waals surface area contributed by atoms with Crippen LogP contribution in [0.1, 0.15) is 104 Å². The molecule has 0 aliphatic carbocycles. The molecule has 0 spiro atoms.